The molecule has 0 amide bonds. The van der Waals surface area contributed by atoms with Gasteiger partial charge in [0.2, 0.25) is 0 Å². The Labute approximate surface area is 80.0 Å². The van der Waals surface area contributed by atoms with Crippen LogP contribution in [0.25, 0.3) is 0 Å². The van der Waals surface area contributed by atoms with Crippen molar-refractivity contribution in [2.45, 2.75) is 45.6 Å². The van der Waals surface area contributed by atoms with Crippen LogP contribution >= 0.6 is 0 Å². The lowest BCUT2D eigenvalue weighted by molar-refractivity contribution is 0.266. The van der Waals surface area contributed by atoms with Gasteiger partial charge in [-0.15, -0.1) is 0 Å². The Hall–Kier alpha value is -0.790. The Kier molecular flexibility index (Phi) is 2.38. The Morgan fingerprint density at radius 1 is 1.46 bits per heavy atom. The van der Waals surface area contributed by atoms with Crippen LogP contribution < -0.4 is 0 Å². The van der Waals surface area contributed by atoms with E-state index in [-0.39, 0.29) is 0 Å². The molecule has 2 unspecified atom stereocenters. The van der Waals surface area contributed by atoms with E-state index in [1.54, 1.807) is 0 Å². The number of rotatable bonds is 1. The van der Waals surface area contributed by atoms with Crippen molar-refractivity contribution < 1.29 is 0 Å². The Morgan fingerprint density at radius 3 is 2.92 bits per heavy atom. The third kappa shape index (κ3) is 1.93. The maximum Gasteiger partial charge on any atom is 0.0593 e. The van der Waals surface area contributed by atoms with Gasteiger partial charge in [-0.3, -0.25) is 4.68 Å². The fourth-order valence-corrected chi connectivity index (χ4v) is 2.28. The first-order valence-electron chi connectivity index (χ1n) is 5.27. The third-order valence-corrected chi connectivity index (χ3v) is 3.02. The summed E-state index contributed by atoms with van der Waals surface area (Å²) in [5, 5.41) is 4.49. The van der Waals surface area contributed by atoms with E-state index in [1.807, 2.05) is 0 Å². The van der Waals surface area contributed by atoms with E-state index in [4.69, 9.17) is 0 Å². The van der Waals surface area contributed by atoms with Crippen LogP contribution in [-0.2, 0) is 0 Å². The van der Waals surface area contributed by atoms with Crippen molar-refractivity contribution in [3.05, 3.63) is 18.0 Å². The molecule has 0 bridgehead atoms. The molecule has 1 aromatic heterocycles. The van der Waals surface area contributed by atoms with Crippen LogP contribution in [0.15, 0.2) is 12.3 Å². The van der Waals surface area contributed by atoms with Gasteiger partial charge in [-0.1, -0.05) is 19.8 Å². The van der Waals surface area contributed by atoms with Crippen molar-refractivity contribution in [1.82, 2.24) is 9.78 Å². The van der Waals surface area contributed by atoms with Gasteiger partial charge in [0.25, 0.3) is 0 Å². The zero-order chi connectivity index (χ0) is 9.26. The smallest absolute Gasteiger partial charge is 0.0593 e. The fraction of sp³-hybridized carbons (Fsp3) is 0.727. The summed E-state index contributed by atoms with van der Waals surface area (Å²) in [4.78, 5) is 0. The van der Waals surface area contributed by atoms with Crippen LogP contribution in [0.3, 0.4) is 0 Å². The van der Waals surface area contributed by atoms with E-state index in [0.29, 0.717) is 6.04 Å². The molecule has 72 valence electrons. The van der Waals surface area contributed by atoms with Gasteiger partial charge in [0.05, 0.1) is 11.7 Å². The SMILES string of the molecule is Cc1ccn(C2CCCC(C)C2)n1. The van der Waals surface area contributed by atoms with E-state index < -0.39 is 0 Å². The topological polar surface area (TPSA) is 17.8 Å². The van der Waals surface area contributed by atoms with E-state index in [0.717, 1.165) is 11.6 Å². The Morgan fingerprint density at radius 2 is 2.31 bits per heavy atom. The highest BCUT2D eigenvalue weighted by molar-refractivity contribution is 4.96. The first kappa shape index (κ1) is 8.79. The minimum Gasteiger partial charge on any atom is -0.269 e. The molecule has 1 saturated carbocycles. The molecule has 0 radical (unpaired) electrons. The summed E-state index contributed by atoms with van der Waals surface area (Å²) in [5.74, 6) is 0.878. The molecule has 2 rings (SSSR count). The van der Waals surface area contributed by atoms with Crippen molar-refractivity contribution in [2.24, 2.45) is 5.92 Å². The average Bonchev–Trinajstić information content (AvgIpc) is 2.52. The zero-order valence-electron chi connectivity index (χ0n) is 8.53. The van der Waals surface area contributed by atoms with Crippen molar-refractivity contribution in [3.63, 3.8) is 0 Å². The second-order valence-corrected chi connectivity index (χ2v) is 4.36. The molecule has 1 aliphatic carbocycles. The molecule has 1 heterocycles. The number of hydrogen-bond donors (Lipinski definition) is 0. The molecule has 1 aliphatic rings. The van der Waals surface area contributed by atoms with Gasteiger partial charge in [0.1, 0.15) is 0 Å². The highest BCUT2D eigenvalue weighted by Crippen LogP contribution is 2.31. The third-order valence-electron chi connectivity index (χ3n) is 3.02. The van der Waals surface area contributed by atoms with Crippen LogP contribution in [0.2, 0.25) is 0 Å². The lowest BCUT2D eigenvalue weighted by Gasteiger charge is -2.26. The van der Waals surface area contributed by atoms with Crippen LogP contribution in [0.1, 0.15) is 44.3 Å². The van der Waals surface area contributed by atoms with Gasteiger partial charge in [0.15, 0.2) is 0 Å². The van der Waals surface area contributed by atoms with E-state index in [2.05, 4.69) is 35.9 Å². The second kappa shape index (κ2) is 3.52. The first-order valence-corrected chi connectivity index (χ1v) is 5.27. The quantitative estimate of drug-likeness (QED) is 0.646. The summed E-state index contributed by atoms with van der Waals surface area (Å²) in [7, 11) is 0. The van der Waals surface area contributed by atoms with Gasteiger partial charge in [-0.05, 0) is 31.7 Å². The fourth-order valence-electron chi connectivity index (χ4n) is 2.28. The Bertz CT molecular complexity index is 277. The van der Waals surface area contributed by atoms with Crippen molar-refractivity contribution in [3.8, 4) is 0 Å². The summed E-state index contributed by atoms with van der Waals surface area (Å²) in [6.45, 7) is 4.41. The predicted octanol–water partition coefficient (Wildman–Crippen LogP) is 2.94. The summed E-state index contributed by atoms with van der Waals surface area (Å²) >= 11 is 0. The number of aromatic nitrogens is 2. The van der Waals surface area contributed by atoms with Crippen LogP contribution in [0.4, 0.5) is 0 Å². The van der Waals surface area contributed by atoms with Crippen molar-refractivity contribution in [1.29, 1.82) is 0 Å². The van der Waals surface area contributed by atoms with Crippen molar-refractivity contribution >= 4 is 0 Å². The minimum atomic E-state index is 0.664. The van der Waals surface area contributed by atoms with E-state index in [9.17, 15) is 0 Å². The highest BCUT2D eigenvalue weighted by Gasteiger charge is 2.20. The van der Waals surface area contributed by atoms with Crippen LogP contribution in [-0.4, -0.2) is 9.78 Å². The minimum absolute atomic E-state index is 0.664. The van der Waals surface area contributed by atoms with Gasteiger partial charge < -0.3 is 0 Å². The molecule has 1 fully saturated rings. The summed E-state index contributed by atoms with van der Waals surface area (Å²) in [6.07, 6.45) is 7.51. The molecule has 2 nitrogen and oxygen atoms in total. The van der Waals surface area contributed by atoms with Gasteiger partial charge in [0, 0.05) is 6.20 Å². The van der Waals surface area contributed by atoms with Gasteiger partial charge in [-0.2, -0.15) is 5.10 Å². The number of hydrogen-bond acceptors (Lipinski definition) is 1. The molecule has 0 saturated heterocycles. The molecular formula is C11H18N2. The normalized spacial score (nSPS) is 29.1. The number of nitrogens with zero attached hydrogens (tertiary/aromatic N) is 2. The van der Waals surface area contributed by atoms with E-state index in [1.165, 1.54) is 25.7 Å². The summed E-state index contributed by atoms with van der Waals surface area (Å²) in [5.41, 5.74) is 1.14. The maximum absolute atomic E-state index is 4.49. The molecule has 1 aromatic rings. The molecule has 13 heavy (non-hydrogen) atoms. The molecular weight excluding hydrogens is 160 g/mol. The standard InChI is InChI=1S/C11H18N2/c1-9-4-3-5-11(8-9)13-7-6-10(2)12-13/h6-7,9,11H,3-5,8H2,1-2H3. The highest BCUT2D eigenvalue weighted by atomic mass is 15.3. The maximum atomic E-state index is 4.49. The lowest BCUT2D eigenvalue weighted by atomic mass is 9.87. The molecule has 2 heteroatoms. The largest absolute Gasteiger partial charge is 0.269 e. The monoisotopic (exact) mass is 178 g/mol. The van der Waals surface area contributed by atoms with Crippen molar-refractivity contribution in [2.75, 3.05) is 0 Å². The summed E-state index contributed by atoms with van der Waals surface area (Å²) in [6, 6.07) is 2.76. The van der Waals surface area contributed by atoms with E-state index >= 15 is 0 Å². The number of aryl methyl sites for hydroxylation is 1. The average molecular weight is 178 g/mol. The van der Waals surface area contributed by atoms with Crippen LogP contribution in [0, 0.1) is 12.8 Å². The molecule has 0 aliphatic heterocycles. The molecule has 0 spiro atoms. The second-order valence-electron chi connectivity index (χ2n) is 4.36. The molecule has 0 aromatic carbocycles. The van der Waals surface area contributed by atoms with Gasteiger partial charge in [-0.25, -0.2) is 0 Å². The predicted molar refractivity (Wildman–Crippen MR) is 53.6 cm³/mol. The Balaban J connectivity index is 2.08. The zero-order valence-corrected chi connectivity index (χ0v) is 8.53. The molecule has 2 atom stereocenters. The summed E-state index contributed by atoms with van der Waals surface area (Å²) < 4.78 is 2.16. The molecule has 0 N–H and O–H groups in total. The first-order chi connectivity index (χ1) is 6.25. The van der Waals surface area contributed by atoms with Gasteiger partial charge >= 0.3 is 0 Å². The lowest BCUT2D eigenvalue weighted by Crippen LogP contribution is -2.18. The van der Waals surface area contributed by atoms with Crippen LogP contribution in [0.5, 0.6) is 0 Å².